The van der Waals surface area contributed by atoms with Gasteiger partial charge in [-0.3, -0.25) is 4.79 Å². The Kier molecular flexibility index (Phi) is 4.90. The Balaban J connectivity index is 2.09. The summed E-state index contributed by atoms with van der Waals surface area (Å²) in [6.45, 7) is 6.59. The molecule has 82 valence electrons. The van der Waals surface area contributed by atoms with E-state index in [0.29, 0.717) is 0 Å². The average Bonchev–Trinajstić information content (AvgIpc) is 2.59. The summed E-state index contributed by atoms with van der Waals surface area (Å²) in [6, 6.07) is 0. The van der Waals surface area contributed by atoms with Gasteiger partial charge in [-0.1, -0.05) is 6.92 Å². The second-order valence-electron chi connectivity index (χ2n) is 3.89. The highest BCUT2D eigenvalue weighted by Crippen LogP contribution is 2.13. The maximum absolute atomic E-state index is 11.6. The van der Waals surface area contributed by atoms with E-state index in [0.717, 1.165) is 39.1 Å². The number of nitrogens with zero attached hydrogens (tertiary/aromatic N) is 1. The van der Waals surface area contributed by atoms with E-state index >= 15 is 0 Å². The zero-order valence-electron chi connectivity index (χ0n) is 9.18. The molecule has 2 N–H and O–H groups in total. The van der Waals surface area contributed by atoms with Crippen LogP contribution in [0.5, 0.6) is 0 Å². The van der Waals surface area contributed by atoms with Crippen LogP contribution in [0.25, 0.3) is 0 Å². The van der Waals surface area contributed by atoms with E-state index in [9.17, 15) is 4.79 Å². The summed E-state index contributed by atoms with van der Waals surface area (Å²) in [5.41, 5.74) is 0. The second kappa shape index (κ2) is 5.98. The molecule has 0 bridgehead atoms. The normalized spacial score (nSPS) is 22.6. The van der Waals surface area contributed by atoms with Crippen molar-refractivity contribution in [1.82, 2.24) is 15.5 Å². The van der Waals surface area contributed by atoms with Gasteiger partial charge in [-0.05, 0) is 26.6 Å². The molecule has 1 saturated heterocycles. The minimum absolute atomic E-state index is 0.210. The van der Waals surface area contributed by atoms with Crippen molar-refractivity contribution >= 4 is 5.91 Å². The van der Waals surface area contributed by atoms with Gasteiger partial charge in [0.05, 0.1) is 5.92 Å². The monoisotopic (exact) mass is 199 g/mol. The molecule has 1 aliphatic heterocycles. The van der Waals surface area contributed by atoms with Gasteiger partial charge in [0.15, 0.2) is 0 Å². The van der Waals surface area contributed by atoms with Gasteiger partial charge < -0.3 is 15.5 Å². The standard InChI is InChI=1S/C10H21N3O/c1-3-11-5-6-12-10(14)9-4-7-13(2)8-9/h9,11H,3-8H2,1-2H3,(H,12,14). The van der Waals surface area contributed by atoms with Crippen molar-refractivity contribution in [2.45, 2.75) is 13.3 Å². The van der Waals surface area contributed by atoms with E-state index in [4.69, 9.17) is 0 Å². The van der Waals surface area contributed by atoms with Crippen molar-refractivity contribution < 1.29 is 4.79 Å². The lowest BCUT2D eigenvalue weighted by molar-refractivity contribution is -0.124. The number of carbonyl (C=O) groups is 1. The Bertz CT molecular complexity index is 184. The van der Waals surface area contributed by atoms with Crippen molar-refractivity contribution in [2.75, 3.05) is 39.8 Å². The quantitative estimate of drug-likeness (QED) is 0.596. The van der Waals surface area contributed by atoms with Crippen molar-refractivity contribution in [3.8, 4) is 0 Å². The van der Waals surface area contributed by atoms with Crippen molar-refractivity contribution in [3.63, 3.8) is 0 Å². The van der Waals surface area contributed by atoms with Gasteiger partial charge in [-0.25, -0.2) is 0 Å². The first-order chi connectivity index (χ1) is 6.74. The molecule has 1 unspecified atom stereocenters. The number of likely N-dealkylation sites (N-methyl/N-ethyl adjacent to an activating group) is 1. The summed E-state index contributed by atoms with van der Waals surface area (Å²) >= 11 is 0. The lowest BCUT2D eigenvalue weighted by Gasteiger charge is -2.11. The number of hydrogen-bond acceptors (Lipinski definition) is 3. The first kappa shape index (κ1) is 11.5. The molecule has 1 rings (SSSR count). The first-order valence-corrected chi connectivity index (χ1v) is 5.41. The van der Waals surface area contributed by atoms with Crippen LogP contribution in [0.15, 0.2) is 0 Å². The molecular weight excluding hydrogens is 178 g/mol. The predicted octanol–water partition coefficient (Wildman–Crippen LogP) is -0.336. The summed E-state index contributed by atoms with van der Waals surface area (Å²) in [4.78, 5) is 13.8. The van der Waals surface area contributed by atoms with Crippen LogP contribution in [0.1, 0.15) is 13.3 Å². The molecule has 0 aromatic rings. The minimum atomic E-state index is 0.210. The van der Waals surface area contributed by atoms with Gasteiger partial charge in [-0.15, -0.1) is 0 Å². The van der Waals surface area contributed by atoms with Crippen LogP contribution in [-0.2, 0) is 4.79 Å². The molecule has 0 saturated carbocycles. The number of carbonyl (C=O) groups excluding carboxylic acids is 1. The molecule has 4 nitrogen and oxygen atoms in total. The van der Waals surface area contributed by atoms with Crippen LogP contribution >= 0.6 is 0 Å². The number of likely N-dealkylation sites (tertiary alicyclic amines) is 1. The molecule has 1 aliphatic rings. The van der Waals surface area contributed by atoms with E-state index in [1.165, 1.54) is 0 Å². The third-order valence-corrected chi connectivity index (χ3v) is 2.61. The third kappa shape index (κ3) is 3.64. The van der Waals surface area contributed by atoms with Crippen molar-refractivity contribution in [2.24, 2.45) is 5.92 Å². The molecule has 1 amide bonds. The Morgan fingerprint density at radius 2 is 2.29 bits per heavy atom. The number of rotatable bonds is 5. The molecule has 0 radical (unpaired) electrons. The maximum atomic E-state index is 11.6. The zero-order chi connectivity index (χ0) is 10.4. The lowest BCUT2D eigenvalue weighted by atomic mass is 10.1. The van der Waals surface area contributed by atoms with E-state index in [-0.39, 0.29) is 11.8 Å². The van der Waals surface area contributed by atoms with E-state index in [1.807, 2.05) is 0 Å². The molecule has 0 aromatic carbocycles. The van der Waals surface area contributed by atoms with E-state index < -0.39 is 0 Å². The number of hydrogen-bond donors (Lipinski definition) is 2. The van der Waals surface area contributed by atoms with Crippen LogP contribution in [-0.4, -0.2) is 50.6 Å². The lowest BCUT2D eigenvalue weighted by Crippen LogP contribution is -2.36. The molecule has 1 atom stereocenters. The third-order valence-electron chi connectivity index (χ3n) is 2.61. The first-order valence-electron chi connectivity index (χ1n) is 5.41. The zero-order valence-corrected chi connectivity index (χ0v) is 9.18. The van der Waals surface area contributed by atoms with Gasteiger partial charge in [0.2, 0.25) is 5.91 Å². The molecule has 1 heterocycles. The largest absolute Gasteiger partial charge is 0.355 e. The minimum Gasteiger partial charge on any atom is -0.355 e. The van der Waals surface area contributed by atoms with E-state index in [2.05, 4.69) is 29.5 Å². The van der Waals surface area contributed by atoms with Gasteiger partial charge in [0, 0.05) is 19.6 Å². The molecular formula is C10H21N3O. The van der Waals surface area contributed by atoms with Crippen LogP contribution in [0, 0.1) is 5.92 Å². The van der Waals surface area contributed by atoms with Crippen LogP contribution in [0.3, 0.4) is 0 Å². The number of nitrogens with one attached hydrogen (secondary N) is 2. The van der Waals surface area contributed by atoms with E-state index in [1.54, 1.807) is 0 Å². The summed E-state index contributed by atoms with van der Waals surface area (Å²) in [5, 5.41) is 6.13. The molecule has 4 heteroatoms. The highest BCUT2D eigenvalue weighted by molar-refractivity contribution is 5.79. The van der Waals surface area contributed by atoms with Gasteiger partial charge in [0.25, 0.3) is 0 Å². The van der Waals surface area contributed by atoms with Crippen LogP contribution < -0.4 is 10.6 Å². The average molecular weight is 199 g/mol. The molecule has 0 aromatic heterocycles. The SMILES string of the molecule is CCNCCNC(=O)C1CCN(C)C1. The summed E-state index contributed by atoms with van der Waals surface area (Å²) < 4.78 is 0. The fourth-order valence-corrected chi connectivity index (χ4v) is 1.74. The summed E-state index contributed by atoms with van der Waals surface area (Å²) in [6.07, 6.45) is 1.00. The van der Waals surface area contributed by atoms with Gasteiger partial charge >= 0.3 is 0 Å². The smallest absolute Gasteiger partial charge is 0.224 e. The van der Waals surface area contributed by atoms with Gasteiger partial charge in [-0.2, -0.15) is 0 Å². The summed E-state index contributed by atoms with van der Waals surface area (Å²) in [7, 11) is 2.06. The predicted molar refractivity (Wildman–Crippen MR) is 57.2 cm³/mol. The number of amides is 1. The highest BCUT2D eigenvalue weighted by Gasteiger charge is 2.25. The summed E-state index contributed by atoms with van der Waals surface area (Å²) in [5.74, 6) is 0.425. The van der Waals surface area contributed by atoms with Crippen molar-refractivity contribution in [1.29, 1.82) is 0 Å². The topological polar surface area (TPSA) is 44.4 Å². The highest BCUT2D eigenvalue weighted by atomic mass is 16.1. The second-order valence-corrected chi connectivity index (χ2v) is 3.89. The Morgan fingerprint density at radius 3 is 2.86 bits per heavy atom. The molecule has 1 fully saturated rings. The Labute approximate surface area is 86.0 Å². The molecule has 0 spiro atoms. The molecule has 14 heavy (non-hydrogen) atoms. The Hall–Kier alpha value is -0.610. The fraction of sp³-hybridized carbons (Fsp3) is 0.900. The maximum Gasteiger partial charge on any atom is 0.224 e. The fourth-order valence-electron chi connectivity index (χ4n) is 1.74. The van der Waals surface area contributed by atoms with Gasteiger partial charge in [0.1, 0.15) is 0 Å². The van der Waals surface area contributed by atoms with Crippen LogP contribution in [0.4, 0.5) is 0 Å². The Morgan fingerprint density at radius 1 is 1.50 bits per heavy atom. The van der Waals surface area contributed by atoms with Crippen molar-refractivity contribution in [3.05, 3.63) is 0 Å². The van der Waals surface area contributed by atoms with Crippen LogP contribution in [0.2, 0.25) is 0 Å². The molecule has 0 aliphatic carbocycles.